The molecule has 0 saturated heterocycles. The lowest BCUT2D eigenvalue weighted by atomic mass is 10.2. The van der Waals surface area contributed by atoms with E-state index in [4.69, 9.17) is 9.47 Å². The van der Waals surface area contributed by atoms with Gasteiger partial charge in [0.05, 0.1) is 24.5 Å². The van der Waals surface area contributed by atoms with Gasteiger partial charge in [-0.15, -0.1) is 0 Å². The maximum atomic E-state index is 12.7. The van der Waals surface area contributed by atoms with Crippen molar-refractivity contribution in [2.24, 2.45) is 4.99 Å². The molecule has 0 unspecified atom stereocenters. The van der Waals surface area contributed by atoms with Gasteiger partial charge in [0.25, 0.3) is 0 Å². The van der Waals surface area contributed by atoms with Gasteiger partial charge in [-0.25, -0.2) is 14.6 Å². The largest absolute Gasteiger partial charge is 0.461 e. The predicted molar refractivity (Wildman–Crippen MR) is 81.0 cm³/mol. The van der Waals surface area contributed by atoms with Crippen molar-refractivity contribution in [3.8, 4) is 0 Å². The normalized spacial score (nSPS) is 10.9. The van der Waals surface area contributed by atoms with Crippen LogP contribution in [0, 0.1) is 0 Å². The monoisotopic (exact) mass is 345 g/mol. The van der Waals surface area contributed by atoms with Gasteiger partial charge >= 0.3 is 18.1 Å². The van der Waals surface area contributed by atoms with Crippen molar-refractivity contribution >= 4 is 23.3 Å². The maximum absolute atomic E-state index is 12.7. The molecule has 0 aliphatic carbocycles. The Morgan fingerprint density at radius 3 is 2.04 bits per heavy atom. The highest BCUT2D eigenvalue weighted by atomic mass is 19.4. The van der Waals surface area contributed by atoms with Crippen molar-refractivity contribution < 1.29 is 32.2 Å². The Labute approximate surface area is 137 Å². The van der Waals surface area contributed by atoms with Gasteiger partial charge in [0, 0.05) is 0 Å². The van der Waals surface area contributed by atoms with Crippen molar-refractivity contribution in [1.29, 1.82) is 0 Å². The van der Waals surface area contributed by atoms with Crippen LogP contribution in [0.25, 0.3) is 0 Å². The highest BCUT2D eigenvalue weighted by Crippen LogP contribution is 2.31. The van der Waals surface area contributed by atoms with Crippen LogP contribution in [-0.4, -0.2) is 30.9 Å². The molecule has 0 aliphatic rings. The molecule has 8 heteroatoms. The lowest BCUT2D eigenvalue weighted by molar-refractivity contribution is -0.141. The van der Waals surface area contributed by atoms with Crippen LogP contribution in [0.5, 0.6) is 0 Å². The van der Waals surface area contributed by atoms with Crippen molar-refractivity contribution in [2.75, 3.05) is 13.2 Å². The molecule has 0 radical (unpaired) electrons. The van der Waals surface area contributed by atoms with Crippen LogP contribution in [0.4, 0.5) is 18.9 Å². The van der Waals surface area contributed by atoms with E-state index < -0.39 is 29.4 Å². The summed E-state index contributed by atoms with van der Waals surface area (Å²) >= 11 is 0. The maximum Gasteiger partial charge on any atom is 0.416 e. The summed E-state index contributed by atoms with van der Waals surface area (Å²) in [5, 5.41) is 0. The lowest BCUT2D eigenvalue weighted by Crippen LogP contribution is -2.28. The third-order valence-corrected chi connectivity index (χ3v) is 2.68. The van der Waals surface area contributed by atoms with Crippen LogP contribution in [0.3, 0.4) is 0 Å². The Balaban J connectivity index is 3.15. The zero-order valence-corrected chi connectivity index (χ0v) is 13.4. The van der Waals surface area contributed by atoms with Gasteiger partial charge in [-0.05, 0) is 31.0 Å². The number of carbonyl (C=O) groups is 2. The van der Waals surface area contributed by atoms with E-state index in [9.17, 15) is 22.8 Å². The fourth-order valence-electron chi connectivity index (χ4n) is 1.58. The Morgan fingerprint density at radius 2 is 1.58 bits per heavy atom. The lowest BCUT2D eigenvalue weighted by Gasteiger charge is -2.09. The smallest absolute Gasteiger partial charge is 0.416 e. The molecule has 132 valence electrons. The molecule has 0 atom stereocenters. The Hall–Kier alpha value is -2.38. The highest BCUT2D eigenvalue weighted by Gasteiger charge is 2.31. The first-order chi connectivity index (χ1) is 11.3. The van der Waals surface area contributed by atoms with Crippen molar-refractivity contribution in [3.63, 3.8) is 0 Å². The molecule has 1 aromatic rings. The van der Waals surface area contributed by atoms with E-state index in [1.165, 1.54) is 6.07 Å². The molecular formula is C16H18F3NO4. The molecular weight excluding hydrogens is 327 g/mol. The van der Waals surface area contributed by atoms with E-state index in [1.807, 2.05) is 0 Å². The van der Waals surface area contributed by atoms with Crippen LogP contribution in [0.15, 0.2) is 29.3 Å². The van der Waals surface area contributed by atoms with Gasteiger partial charge in [-0.2, -0.15) is 13.2 Å². The second kappa shape index (κ2) is 9.05. The number of aliphatic imine (C=N–C) groups is 1. The average Bonchev–Trinajstić information content (AvgIpc) is 2.54. The molecule has 0 amide bonds. The second-order valence-electron chi connectivity index (χ2n) is 4.78. The Bertz CT molecular complexity index is 590. The molecule has 0 aromatic heterocycles. The van der Waals surface area contributed by atoms with Gasteiger partial charge in [-0.1, -0.05) is 19.9 Å². The highest BCUT2D eigenvalue weighted by molar-refractivity contribution is 6.63. The minimum Gasteiger partial charge on any atom is -0.461 e. The number of esters is 2. The molecule has 0 spiro atoms. The predicted octanol–water partition coefficient (Wildman–Crippen LogP) is 3.68. The standard InChI is InChI=1S/C16H18F3NO4/c1-3-8-23-14(21)13(15(22)24-9-4-2)20-12-7-5-6-11(10-12)16(17,18)19/h5-7,10H,3-4,8-9H2,1-2H3. The molecule has 0 aliphatic heterocycles. The first kappa shape index (κ1) is 19.7. The molecule has 0 heterocycles. The third kappa shape index (κ3) is 6.02. The van der Waals surface area contributed by atoms with Crippen LogP contribution in [-0.2, 0) is 25.2 Å². The first-order valence-corrected chi connectivity index (χ1v) is 7.39. The zero-order valence-electron chi connectivity index (χ0n) is 13.4. The number of halogens is 3. The Morgan fingerprint density at radius 1 is 1.04 bits per heavy atom. The molecule has 1 rings (SSSR count). The van der Waals surface area contributed by atoms with E-state index in [2.05, 4.69) is 4.99 Å². The average molecular weight is 345 g/mol. The fourth-order valence-corrected chi connectivity index (χ4v) is 1.58. The van der Waals surface area contributed by atoms with E-state index in [-0.39, 0.29) is 18.9 Å². The molecule has 0 N–H and O–H groups in total. The molecule has 0 fully saturated rings. The molecule has 0 bridgehead atoms. The second-order valence-corrected chi connectivity index (χ2v) is 4.78. The summed E-state index contributed by atoms with van der Waals surface area (Å²) in [6.45, 7) is 3.63. The van der Waals surface area contributed by atoms with Gasteiger partial charge in [0.2, 0.25) is 5.71 Å². The summed E-state index contributed by atoms with van der Waals surface area (Å²) < 4.78 is 47.8. The van der Waals surface area contributed by atoms with Crippen molar-refractivity contribution in [3.05, 3.63) is 29.8 Å². The number of benzene rings is 1. The van der Waals surface area contributed by atoms with Crippen LogP contribution >= 0.6 is 0 Å². The summed E-state index contributed by atoms with van der Waals surface area (Å²) in [5.41, 5.74) is -1.81. The van der Waals surface area contributed by atoms with E-state index >= 15 is 0 Å². The number of carbonyl (C=O) groups excluding carboxylic acids is 2. The van der Waals surface area contributed by atoms with Crippen LogP contribution in [0.1, 0.15) is 32.3 Å². The summed E-state index contributed by atoms with van der Waals surface area (Å²) in [6, 6.07) is 3.98. The van der Waals surface area contributed by atoms with Crippen LogP contribution in [0.2, 0.25) is 0 Å². The molecule has 1 aromatic carbocycles. The van der Waals surface area contributed by atoms with Gasteiger partial charge in [0.15, 0.2) is 0 Å². The first-order valence-electron chi connectivity index (χ1n) is 7.39. The quantitative estimate of drug-likeness (QED) is 0.429. The van der Waals surface area contributed by atoms with E-state index in [1.54, 1.807) is 13.8 Å². The minimum absolute atomic E-state index is 0.0570. The minimum atomic E-state index is -4.56. The summed E-state index contributed by atoms with van der Waals surface area (Å²) in [5.74, 6) is -2.06. The third-order valence-electron chi connectivity index (χ3n) is 2.68. The summed E-state index contributed by atoms with van der Waals surface area (Å²) in [4.78, 5) is 27.5. The molecule has 5 nitrogen and oxygen atoms in total. The van der Waals surface area contributed by atoms with Gasteiger partial charge in [-0.3, -0.25) is 0 Å². The zero-order chi connectivity index (χ0) is 18.2. The SMILES string of the molecule is CCCOC(=O)C(=Nc1cccc(C(F)(F)F)c1)C(=O)OCCC. The van der Waals surface area contributed by atoms with Gasteiger partial charge < -0.3 is 9.47 Å². The van der Waals surface area contributed by atoms with Crippen LogP contribution < -0.4 is 0 Å². The summed E-state index contributed by atoms with van der Waals surface area (Å²) in [6.07, 6.45) is -3.52. The fraction of sp³-hybridized carbons (Fsp3) is 0.438. The number of alkyl halides is 3. The number of hydrogen-bond donors (Lipinski definition) is 0. The molecule has 24 heavy (non-hydrogen) atoms. The van der Waals surface area contributed by atoms with E-state index in [0.717, 1.165) is 18.2 Å². The van der Waals surface area contributed by atoms with E-state index in [0.29, 0.717) is 12.8 Å². The van der Waals surface area contributed by atoms with Crippen molar-refractivity contribution in [1.82, 2.24) is 0 Å². The summed E-state index contributed by atoms with van der Waals surface area (Å²) in [7, 11) is 0. The Kier molecular flexibility index (Phi) is 7.41. The number of rotatable bonds is 7. The number of nitrogens with zero attached hydrogens (tertiary/aromatic N) is 1. The number of hydrogen-bond acceptors (Lipinski definition) is 5. The molecule has 0 saturated carbocycles. The number of ether oxygens (including phenoxy) is 2. The topological polar surface area (TPSA) is 65.0 Å². The van der Waals surface area contributed by atoms with Crippen molar-refractivity contribution in [2.45, 2.75) is 32.9 Å². The van der Waals surface area contributed by atoms with Gasteiger partial charge in [0.1, 0.15) is 0 Å².